The lowest BCUT2D eigenvalue weighted by Gasteiger charge is -2.20. The highest BCUT2D eigenvalue weighted by molar-refractivity contribution is 6.18. The van der Waals surface area contributed by atoms with Crippen LogP contribution in [0.2, 0.25) is 0 Å². The Bertz CT molecular complexity index is 3640. The van der Waals surface area contributed by atoms with Crippen LogP contribution in [0, 0.1) is 0 Å². The summed E-state index contributed by atoms with van der Waals surface area (Å²) in [4.78, 5) is 0. The second kappa shape index (κ2) is 11.8. The monoisotopic (exact) mass is 739 g/mol. The zero-order valence-corrected chi connectivity index (χ0v) is 31.3. The van der Waals surface area contributed by atoms with E-state index in [-0.39, 0.29) is 0 Å². The third-order valence-corrected chi connectivity index (χ3v) is 12.2. The number of benzene rings is 9. The van der Waals surface area contributed by atoms with Crippen molar-refractivity contribution >= 4 is 65.4 Å². The first-order valence-corrected chi connectivity index (χ1v) is 19.8. The Morgan fingerprint density at radius 3 is 1.53 bits per heavy atom. The van der Waals surface area contributed by atoms with Crippen LogP contribution in [0.15, 0.2) is 200 Å². The molecular weight excluding hydrogens is 707 g/mol. The van der Waals surface area contributed by atoms with E-state index in [1.807, 2.05) is 12.1 Å². The van der Waals surface area contributed by atoms with Crippen LogP contribution in [-0.2, 0) is 0 Å². The molecule has 58 heavy (non-hydrogen) atoms. The normalized spacial score (nSPS) is 12.3. The summed E-state index contributed by atoms with van der Waals surface area (Å²) in [5.74, 6) is 1.76. The van der Waals surface area contributed by atoms with Gasteiger partial charge in [-0.3, -0.25) is 0 Å². The predicted octanol–water partition coefficient (Wildman–Crippen LogP) is 14.4. The lowest BCUT2D eigenvalue weighted by atomic mass is 9.99. The summed E-state index contributed by atoms with van der Waals surface area (Å²) >= 11 is 0. The summed E-state index contributed by atoms with van der Waals surface area (Å²) in [6.07, 6.45) is 0. The Morgan fingerprint density at radius 2 is 0.828 bits per heavy atom. The maximum atomic E-state index is 6.41. The minimum atomic E-state index is 0.876. The molecule has 0 amide bonds. The van der Waals surface area contributed by atoms with E-state index in [1.54, 1.807) is 0 Å². The Kier molecular flexibility index (Phi) is 6.41. The Labute approximate surface area is 333 Å². The molecule has 1 aliphatic rings. The molecule has 0 spiro atoms. The van der Waals surface area contributed by atoms with Gasteiger partial charge >= 0.3 is 0 Å². The van der Waals surface area contributed by atoms with Crippen LogP contribution in [0.5, 0.6) is 11.5 Å². The highest BCUT2D eigenvalue weighted by Crippen LogP contribution is 2.47. The van der Waals surface area contributed by atoms with Crippen LogP contribution in [0.1, 0.15) is 0 Å². The van der Waals surface area contributed by atoms with E-state index in [0.717, 1.165) is 28.4 Å². The molecule has 13 rings (SSSR count). The summed E-state index contributed by atoms with van der Waals surface area (Å²) in [6.45, 7) is 0. The quantitative estimate of drug-likeness (QED) is 0.176. The molecule has 0 saturated heterocycles. The number of fused-ring (bicyclic) bond motifs is 11. The van der Waals surface area contributed by atoms with Crippen molar-refractivity contribution in [2.24, 2.45) is 0 Å². The Morgan fingerprint density at radius 1 is 0.310 bits per heavy atom. The molecule has 0 aliphatic carbocycles. The molecule has 1 aliphatic heterocycles. The van der Waals surface area contributed by atoms with Crippen molar-refractivity contribution in [2.45, 2.75) is 0 Å². The summed E-state index contributed by atoms with van der Waals surface area (Å²) in [5, 5.41) is 7.43. The molecule has 0 N–H and O–H groups in total. The van der Waals surface area contributed by atoms with Gasteiger partial charge in [0.05, 0.1) is 38.8 Å². The van der Waals surface area contributed by atoms with Crippen LogP contribution in [-0.4, -0.2) is 13.7 Å². The molecule has 4 heteroatoms. The van der Waals surface area contributed by atoms with Crippen molar-refractivity contribution in [1.82, 2.24) is 13.7 Å². The van der Waals surface area contributed by atoms with Crippen LogP contribution < -0.4 is 4.74 Å². The van der Waals surface area contributed by atoms with Gasteiger partial charge in [-0.05, 0) is 107 Å². The lowest BCUT2D eigenvalue weighted by Crippen LogP contribution is -2.03. The number of rotatable bonds is 4. The summed E-state index contributed by atoms with van der Waals surface area (Å²) in [7, 11) is 0. The zero-order valence-electron chi connectivity index (χ0n) is 31.3. The minimum Gasteiger partial charge on any atom is -0.453 e. The molecule has 0 atom stereocenters. The van der Waals surface area contributed by atoms with Gasteiger partial charge in [0.1, 0.15) is 0 Å². The average molecular weight is 740 g/mol. The van der Waals surface area contributed by atoms with Crippen molar-refractivity contribution in [3.05, 3.63) is 200 Å². The van der Waals surface area contributed by atoms with Crippen molar-refractivity contribution in [2.75, 3.05) is 0 Å². The van der Waals surface area contributed by atoms with Gasteiger partial charge < -0.3 is 18.4 Å². The van der Waals surface area contributed by atoms with Gasteiger partial charge in [0.2, 0.25) is 0 Å². The molecule has 4 heterocycles. The topological polar surface area (TPSA) is 24.0 Å². The summed E-state index contributed by atoms with van der Waals surface area (Å²) in [5.41, 5.74) is 15.3. The van der Waals surface area contributed by atoms with Crippen LogP contribution in [0.25, 0.3) is 105 Å². The van der Waals surface area contributed by atoms with Gasteiger partial charge in [0.15, 0.2) is 11.5 Å². The first-order chi connectivity index (χ1) is 28.8. The van der Waals surface area contributed by atoms with E-state index in [0.29, 0.717) is 0 Å². The van der Waals surface area contributed by atoms with Crippen LogP contribution in [0.3, 0.4) is 0 Å². The minimum absolute atomic E-state index is 0.876. The standard InChI is InChI=1S/C54H33N3O/c1-2-12-37(13-3-1)55-45-18-6-4-14-40(45)43-32-35(26-30-47(43)55)36-27-31-48-44(33-36)41-15-5-7-19-46(41)56(48)38-28-24-34(25-29-38)39-16-10-21-50-53(39)42-17-11-23-52-54(42)57(50)49-20-8-9-22-51(49)58-52/h1-33H. The fraction of sp³-hybridized carbons (Fsp3) is 0. The number of para-hydroxylation sites is 6. The summed E-state index contributed by atoms with van der Waals surface area (Å²) in [6, 6.07) is 72.5. The first kappa shape index (κ1) is 31.4. The van der Waals surface area contributed by atoms with E-state index in [2.05, 4.69) is 202 Å². The summed E-state index contributed by atoms with van der Waals surface area (Å²) < 4.78 is 13.6. The van der Waals surface area contributed by atoms with E-state index in [9.17, 15) is 0 Å². The smallest absolute Gasteiger partial charge is 0.152 e. The zero-order chi connectivity index (χ0) is 37.9. The maximum absolute atomic E-state index is 6.41. The third kappa shape index (κ3) is 4.34. The van der Waals surface area contributed by atoms with Crippen molar-refractivity contribution in [3.63, 3.8) is 0 Å². The first-order valence-electron chi connectivity index (χ1n) is 19.8. The number of hydrogen-bond acceptors (Lipinski definition) is 1. The lowest BCUT2D eigenvalue weighted by molar-refractivity contribution is 0.476. The van der Waals surface area contributed by atoms with Gasteiger partial charge in [0.25, 0.3) is 0 Å². The second-order valence-corrected chi connectivity index (χ2v) is 15.3. The Hall–Kier alpha value is -7.82. The Balaban J connectivity index is 0.936. The average Bonchev–Trinajstić information content (AvgIpc) is 3.93. The molecule has 0 fully saturated rings. The highest BCUT2D eigenvalue weighted by Gasteiger charge is 2.25. The molecule has 0 bridgehead atoms. The molecule has 12 aromatic rings. The van der Waals surface area contributed by atoms with Crippen molar-refractivity contribution in [3.8, 4) is 50.8 Å². The van der Waals surface area contributed by atoms with Crippen LogP contribution in [0.4, 0.5) is 0 Å². The van der Waals surface area contributed by atoms with Gasteiger partial charge in [-0.25, -0.2) is 0 Å². The van der Waals surface area contributed by atoms with E-state index >= 15 is 0 Å². The fourth-order valence-electron chi connectivity index (χ4n) is 9.73. The van der Waals surface area contributed by atoms with Crippen LogP contribution >= 0.6 is 0 Å². The molecule has 9 aromatic carbocycles. The second-order valence-electron chi connectivity index (χ2n) is 15.3. The SMILES string of the molecule is c1ccc(-n2c3ccccc3c3cc(-c4ccc5c(c4)c4ccccc4n5-c4ccc(-c5cccc6c5c5cccc7c5n6-c5ccccc5O7)cc4)ccc32)cc1. The predicted molar refractivity (Wildman–Crippen MR) is 240 cm³/mol. The van der Waals surface area contributed by atoms with Gasteiger partial charge in [-0.1, -0.05) is 115 Å². The molecular formula is C54H33N3O. The molecule has 0 unspecified atom stereocenters. The third-order valence-electron chi connectivity index (χ3n) is 12.2. The molecule has 0 saturated carbocycles. The van der Waals surface area contributed by atoms with E-state index in [4.69, 9.17) is 4.74 Å². The largest absolute Gasteiger partial charge is 0.453 e. The fourth-order valence-corrected chi connectivity index (χ4v) is 9.73. The molecule has 4 nitrogen and oxygen atoms in total. The maximum Gasteiger partial charge on any atom is 0.152 e. The highest BCUT2D eigenvalue weighted by atomic mass is 16.5. The molecule has 270 valence electrons. The van der Waals surface area contributed by atoms with Crippen molar-refractivity contribution < 1.29 is 4.74 Å². The number of hydrogen-bond donors (Lipinski definition) is 0. The number of ether oxygens (including phenoxy) is 1. The number of nitrogens with zero attached hydrogens (tertiary/aromatic N) is 3. The van der Waals surface area contributed by atoms with Crippen molar-refractivity contribution in [1.29, 1.82) is 0 Å². The van der Waals surface area contributed by atoms with Gasteiger partial charge in [-0.2, -0.15) is 0 Å². The number of aromatic nitrogens is 3. The van der Waals surface area contributed by atoms with E-state index in [1.165, 1.54) is 87.8 Å². The molecule has 0 radical (unpaired) electrons. The van der Waals surface area contributed by atoms with E-state index < -0.39 is 0 Å². The molecule has 3 aromatic heterocycles. The van der Waals surface area contributed by atoms with Gasteiger partial charge in [0, 0.05) is 43.7 Å². The van der Waals surface area contributed by atoms with Gasteiger partial charge in [-0.15, -0.1) is 0 Å².